The van der Waals surface area contributed by atoms with E-state index in [1.165, 1.54) is 7.11 Å². The SMILES string of the molecule is COC(=O)c1ccccc1C1CCN(C(=O)c2cnn(C3CCN(c4ncccn4)CC3)c2C2(C)CC2)C1. The van der Waals surface area contributed by atoms with Gasteiger partial charge in [0, 0.05) is 49.9 Å². The Labute approximate surface area is 222 Å². The van der Waals surface area contributed by atoms with Crippen molar-refractivity contribution in [3.8, 4) is 0 Å². The molecule has 198 valence electrons. The predicted octanol–water partition coefficient (Wildman–Crippen LogP) is 3.98. The first kappa shape index (κ1) is 24.6. The van der Waals surface area contributed by atoms with E-state index >= 15 is 0 Å². The Balaban J connectivity index is 1.20. The van der Waals surface area contributed by atoms with E-state index in [-0.39, 0.29) is 29.3 Å². The molecule has 3 fully saturated rings. The van der Waals surface area contributed by atoms with E-state index < -0.39 is 0 Å². The Morgan fingerprint density at radius 1 is 0.974 bits per heavy atom. The molecular weight excluding hydrogens is 480 g/mol. The van der Waals surface area contributed by atoms with E-state index in [1.807, 2.05) is 29.2 Å². The van der Waals surface area contributed by atoms with Gasteiger partial charge in [0.15, 0.2) is 0 Å². The van der Waals surface area contributed by atoms with Gasteiger partial charge in [0.25, 0.3) is 5.91 Å². The number of hydrogen-bond donors (Lipinski definition) is 0. The number of amides is 1. The van der Waals surface area contributed by atoms with Crippen LogP contribution in [0.2, 0.25) is 0 Å². The monoisotopic (exact) mass is 514 g/mol. The largest absolute Gasteiger partial charge is 0.465 e. The Hall–Kier alpha value is -3.75. The lowest BCUT2D eigenvalue weighted by Gasteiger charge is -2.33. The van der Waals surface area contributed by atoms with Gasteiger partial charge < -0.3 is 14.5 Å². The topological polar surface area (TPSA) is 93.5 Å². The van der Waals surface area contributed by atoms with Crippen molar-refractivity contribution >= 4 is 17.8 Å². The summed E-state index contributed by atoms with van der Waals surface area (Å²) in [4.78, 5) is 39.2. The molecule has 0 radical (unpaired) electrons. The van der Waals surface area contributed by atoms with Crippen molar-refractivity contribution in [1.82, 2.24) is 24.6 Å². The molecule has 1 amide bonds. The van der Waals surface area contributed by atoms with Crippen LogP contribution >= 0.6 is 0 Å². The maximum Gasteiger partial charge on any atom is 0.338 e. The fourth-order valence-corrected chi connectivity index (χ4v) is 6.10. The lowest BCUT2D eigenvalue weighted by atomic mass is 9.93. The lowest BCUT2D eigenvalue weighted by Crippen LogP contribution is -2.37. The van der Waals surface area contributed by atoms with Crippen molar-refractivity contribution in [2.24, 2.45) is 0 Å². The molecule has 3 aromatic rings. The predicted molar refractivity (Wildman–Crippen MR) is 142 cm³/mol. The molecule has 1 unspecified atom stereocenters. The van der Waals surface area contributed by atoms with Crippen molar-refractivity contribution in [1.29, 1.82) is 0 Å². The lowest BCUT2D eigenvalue weighted by molar-refractivity contribution is 0.0599. The highest BCUT2D eigenvalue weighted by Crippen LogP contribution is 2.50. The zero-order chi connectivity index (χ0) is 26.3. The van der Waals surface area contributed by atoms with Gasteiger partial charge in [-0.15, -0.1) is 0 Å². The van der Waals surface area contributed by atoms with Gasteiger partial charge >= 0.3 is 5.97 Å². The zero-order valence-corrected chi connectivity index (χ0v) is 22.0. The smallest absolute Gasteiger partial charge is 0.338 e. The van der Waals surface area contributed by atoms with Gasteiger partial charge in [0.05, 0.1) is 36.2 Å². The van der Waals surface area contributed by atoms with E-state index in [2.05, 4.69) is 26.5 Å². The second kappa shape index (κ2) is 9.85. The molecule has 2 aromatic heterocycles. The summed E-state index contributed by atoms with van der Waals surface area (Å²) < 4.78 is 7.15. The van der Waals surface area contributed by atoms with Crippen LogP contribution in [0.3, 0.4) is 0 Å². The Bertz CT molecular complexity index is 1330. The summed E-state index contributed by atoms with van der Waals surface area (Å²) in [7, 11) is 1.40. The van der Waals surface area contributed by atoms with Gasteiger partial charge in [0.2, 0.25) is 5.95 Å². The maximum atomic E-state index is 13.9. The summed E-state index contributed by atoms with van der Waals surface area (Å²) in [5.74, 6) is 0.593. The third kappa shape index (κ3) is 4.44. The van der Waals surface area contributed by atoms with Gasteiger partial charge in [0.1, 0.15) is 0 Å². The normalized spacial score (nSPS) is 20.9. The van der Waals surface area contributed by atoms with E-state index in [0.29, 0.717) is 18.7 Å². The molecular formula is C29H34N6O3. The highest BCUT2D eigenvalue weighted by atomic mass is 16.5. The number of carbonyl (C=O) groups excluding carboxylic acids is 2. The Kier molecular flexibility index (Phi) is 6.37. The fourth-order valence-electron chi connectivity index (χ4n) is 6.10. The molecule has 38 heavy (non-hydrogen) atoms. The molecule has 1 atom stereocenters. The van der Waals surface area contributed by atoms with E-state index in [0.717, 1.165) is 68.0 Å². The van der Waals surface area contributed by atoms with E-state index in [4.69, 9.17) is 9.84 Å². The number of methoxy groups -OCH3 is 1. The second-order valence-electron chi connectivity index (χ2n) is 11.0. The average molecular weight is 515 g/mol. The minimum Gasteiger partial charge on any atom is -0.465 e. The summed E-state index contributed by atoms with van der Waals surface area (Å²) in [6, 6.07) is 9.66. The van der Waals surface area contributed by atoms with Gasteiger partial charge in [-0.3, -0.25) is 9.48 Å². The number of anilines is 1. The number of hydrogen-bond acceptors (Lipinski definition) is 7. The highest BCUT2D eigenvalue weighted by molar-refractivity contribution is 5.96. The van der Waals surface area contributed by atoms with Gasteiger partial charge in [-0.2, -0.15) is 5.10 Å². The van der Waals surface area contributed by atoms with Crippen molar-refractivity contribution < 1.29 is 14.3 Å². The first-order valence-corrected chi connectivity index (χ1v) is 13.5. The maximum absolute atomic E-state index is 13.9. The Morgan fingerprint density at radius 3 is 2.42 bits per heavy atom. The number of esters is 1. The zero-order valence-electron chi connectivity index (χ0n) is 22.0. The molecule has 0 bridgehead atoms. The molecule has 2 saturated heterocycles. The van der Waals surface area contributed by atoms with Crippen molar-refractivity contribution in [2.75, 3.05) is 38.2 Å². The van der Waals surface area contributed by atoms with Crippen LogP contribution in [0.15, 0.2) is 48.9 Å². The summed E-state index contributed by atoms with van der Waals surface area (Å²) in [6.45, 7) is 5.23. The van der Waals surface area contributed by atoms with Gasteiger partial charge in [-0.05, 0) is 49.8 Å². The fraction of sp³-hybridized carbons (Fsp3) is 0.483. The molecule has 0 N–H and O–H groups in total. The molecule has 3 aliphatic rings. The quantitative estimate of drug-likeness (QED) is 0.459. The van der Waals surface area contributed by atoms with Gasteiger partial charge in [-0.1, -0.05) is 25.1 Å². The second-order valence-corrected chi connectivity index (χ2v) is 11.0. The van der Waals surface area contributed by atoms with Crippen molar-refractivity contribution in [3.63, 3.8) is 0 Å². The first-order valence-electron chi connectivity index (χ1n) is 13.5. The minimum absolute atomic E-state index is 0.00220. The molecule has 9 heteroatoms. The van der Waals surface area contributed by atoms with Gasteiger partial charge in [-0.25, -0.2) is 14.8 Å². The Morgan fingerprint density at radius 2 is 1.71 bits per heavy atom. The highest BCUT2D eigenvalue weighted by Gasteiger charge is 2.46. The van der Waals surface area contributed by atoms with Crippen LogP contribution in [-0.2, 0) is 10.2 Å². The van der Waals surface area contributed by atoms with E-state index in [1.54, 1.807) is 24.7 Å². The van der Waals surface area contributed by atoms with Crippen molar-refractivity contribution in [3.05, 3.63) is 71.3 Å². The molecule has 0 spiro atoms. The molecule has 4 heterocycles. The average Bonchev–Trinajstić information content (AvgIpc) is 3.35. The summed E-state index contributed by atoms with van der Waals surface area (Å²) in [6.07, 6.45) is 10.2. The van der Waals surface area contributed by atoms with Crippen LogP contribution in [0.5, 0.6) is 0 Å². The van der Waals surface area contributed by atoms with Crippen molar-refractivity contribution in [2.45, 2.75) is 56.4 Å². The van der Waals surface area contributed by atoms with E-state index in [9.17, 15) is 9.59 Å². The summed E-state index contributed by atoms with van der Waals surface area (Å²) in [5, 5.41) is 4.82. The molecule has 9 nitrogen and oxygen atoms in total. The van der Waals surface area contributed by atoms with Crippen LogP contribution in [-0.4, -0.2) is 69.8 Å². The number of ether oxygens (including phenoxy) is 1. The van der Waals surface area contributed by atoms with Crippen LogP contribution in [0.1, 0.15) is 83.0 Å². The standard InChI is InChI=1S/C29H34N6O3/c1-29(11-12-29)25-24(18-32-35(25)21-9-16-33(17-10-21)28-30-13-5-14-31-28)26(36)34-15-8-20(19-34)22-6-3-4-7-23(22)27(37)38-2/h3-7,13-14,18,20-21H,8-12,15-17,19H2,1-2H3. The third-order valence-corrected chi connectivity index (χ3v) is 8.52. The summed E-state index contributed by atoms with van der Waals surface area (Å²) >= 11 is 0. The molecule has 2 aliphatic heterocycles. The number of carbonyl (C=O) groups is 2. The molecule has 1 saturated carbocycles. The first-order chi connectivity index (χ1) is 18.5. The number of likely N-dealkylation sites (tertiary alicyclic amines) is 1. The molecule has 6 rings (SSSR count). The number of benzene rings is 1. The number of aromatic nitrogens is 4. The van der Waals surface area contributed by atoms with Crippen LogP contribution in [0, 0.1) is 0 Å². The summed E-state index contributed by atoms with van der Waals surface area (Å²) in [5.41, 5.74) is 3.36. The number of piperidine rings is 1. The third-order valence-electron chi connectivity index (χ3n) is 8.52. The number of rotatable bonds is 6. The van der Waals surface area contributed by atoms with Crippen LogP contribution in [0.25, 0.3) is 0 Å². The van der Waals surface area contributed by atoms with Crippen LogP contribution in [0.4, 0.5) is 5.95 Å². The number of nitrogens with zero attached hydrogens (tertiary/aromatic N) is 6. The minimum atomic E-state index is -0.333. The van der Waals surface area contributed by atoms with Crippen LogP contribution < -0.4 is 4.90 Å². The molecule has 1 aromatic carbocycles. The molecule has 1 aliphatic carbocycles.